The van der Waals surface area contributed by atoms with Gasteiger partial charge in [0.25, 0.3) is 0 Å². The fourth-order valence-electron chi connectivity index (χ4n) is 2.57. The zero-order valence-electron chi connectivity index (χ0n) is 11.8. The second-order valence-electron chi connectivity index (χ2n) is 5.59. The first-order valence-electron chi connectivity index (χ1n) is 7.02. The number of thiophene rings is 1. The maximum absolute atomic E-state index is 5.51. The van der Waals surface area contributed by atoms with Crippen LogP contribution in [0.2, 0.25) is 0 Å². The Labute approximate surface area is 118 Å². The topological polar surface area (TPSA) is 21.3 Å². The number of ether oxygens (including phenoxy) is 1. The Balaban J connectivity index is 2.06. The Morgan fingerprint density at radius 3 is 2.79 bits per heavy atom. The summed E-state index contributed by atoms with van der Waals surface area (Å²) in [4.78, 5) is 1.50. The number of nitrogens with one attached hydrogen (secondary N) is 1. The Kier molecular flexibility index (Phi) is 3.50. The van der Waals surface area contributed by atoms with E-state index in [4.69, 9.17) is 4.74 Å². The van der Waals surface area contributed by atoms with E-state index in [-0.39, 0.29) is 0 Å². The van der Waals surface area contributed by atoms with Gasteiger partial charge >= 0.3 is 0 Å². The molecule has 0 amide bonds. The molecule has 19 heavy (non-hydrogen) atoms. The molecule has 1 heterocycles. The molecule has 1 fully saturated rings. The smallest absolute Gasteiger partial charge is 0.136 e. The molecule has 0 radical (unpaired) electrons. The van der Waals surface area contributed by atoms with Crippen molar-refractivity contribution in [2.24, 2.45) is 0 Å². The van der Waals surface area contributed by atoms with Crippen molar-refractivity contribution in [2.45, 2.75) is 45.2 Å². The summed E-state index contributed by atoms with van der Waals surface area (Å²) in [5.74, 6) is 1.80. The van der Waals surface area contributed by atoms with Gasteiger partial charge in [-0.3, -0.25) is 0 Å². The van der Waals surface area contributed by atoms with Crippen LogP contribution >= 0.6 is 11.3 Å². The highest BCUT2D eigenvalue weighted by molar-refractivity contribution is 7.19. The third-order valence-electron chi connectivity index (χ3n) is 3.67. The van der Waals surface area contributed by atoms with Crippen molar-refractivity contribution >= 4 is 21.4 Å². The maximum atomic E-state index is 5.51. The van der Waals surface area contributed by atoms with Gasteiger partial charge in [0, 0.05) is 22.8 Å². The van der Waals surface area contributed by atoms with Crippen molar-refractivity contribution in [3.63, 3.8) is 0 Å². The molecule has 3 heteroatoms. The average molecular weight is 275 g/mol. The van der Waals surface area contributed by atoms with Crippen LogP contribution in [-0.2, 0) is 6.54 Å². The summed E-state index contributed by atoms with van der Waals surface area (Å²) in [5, 5.41) is 4.96. The molecule has 1 aromatic heterocycles. The predicted molar refractivity (Wildman–Crippen MR) is 82.3 cm³/mol. The van der Waals surface area contributed by atoms with Crippen LogP contribution in [0.4, 0.5) is 0 Å². The molecule has 0 unspecified atom stereocenters. The van der Waals surface area contributed by atoms with E-state index in [1.807, 2.05) is 11.3 Å². The van der Waals surface area contributed by atoms with Crippen LogP contribution in [0.1, 0.15) is 43.0 Å². The van der Waals surface area contributed by atoms with Crippen LogP contribution in [0.15, 0.2) is 18.2 Å². The summed E-state index contributed by atoms with van der Waals surface area (Å²) in [6, 6.07) is 6.95. The van der Waals surface area contributed by atoms with Crippen molar-refractivity contribution < 1.29 is 4.74 Å². The fourth-order valence-corrected chi connectivity index (χ4v) is 3.90. The van der Waals surface area contributed by atoms with Gasteiger partial charge in [-0.05, 0) is 30.4 Å². The van der Waals surface area contributed by atoms with Gasteiger partial charge in [-0.2, -0.15) is 0 Å². The van der Waals surface area contributed by atoms with Gasteiger partial charge in [0.05, 0.1) is 11.8 Å². The highest BCUT2D eigenvalue weighted by atomic mass is 32.1. The molecule has 0 spiro atoms. The zero-order valence-corrected chi connectivity index (χ0v) is 12.6. The third kappa shape index (κ3) is 2.49. The molecule has 0 bridgehead atoms. The third-order valence-corrected chi connectivity index (χ3v) is 4.91. The second-order valence-corrected chi connectivity index (χ2v) is 6.69. The van der Waals surface area contributed by atoms with Crippen LogP contribution in [0, 0.1) is 0 Å². The molecule has 1 aliphatic rings. The summed E-state index contributed by atoms with van der Waals surface area (Å²) in [7, 11) is 1.76. The summed E-state index contributed by atoms with van der Waals surface area (Å²) in [6.45, 7) is 5.38. The van der Waals surface area contributed by atoms with E-state index in [1.54, 1.807) is 12.7 Å². The second kappa shape index (κ2) is 5.14. The van der Waals surface area contributed by atoms with Gasteiger partial charge in [0.15, 0.2) is 0 Å². The number of rotatable bonds is 5. The molecule has 2 nitrogen and oxygen atoms in total. The molecule has 1 aliphatic carbocycles. The quantitative estimate of drug-likeness (QED) is 0.879. The van der Waals surface area contributed by atoms with Crippen molar-refractivity contribution in [3.8, 4) is 5.75 Å². The normalized spacial score (nSPS) is 15.4. The van der Waals surface area contributed by atoms with Crippen molar-refractivity contribution in [1.29, 1.82) is 0 Å². The first kappa shape index (κ1) is 12.9. The fraction of sp³-hybridized carbons (Fsp3) is 0.500. The largest absolute Gasteiger partial charge is 0.495 e. The van der Waals surface area contributed by atoms with Gasteiger partial charge in [0.2, 0.25) is 0 Å². The lowest BCUT2D eigenvalue weighted by molar-refractivity contribution is 0.420. The lowest BCUT2D eigenvalue weighted by Crippen LogP contribution is -2.21. The Hall–Kier alpha value is -1.06. The first-order chi connectivity index (χ1) is 9.20. The molecular formula is C16H21NOS. The molecule has 0 saturated heterocycles. The van der Waals surface area contributed by atoms with Crippen LogP contribution in [0.5, 0.6) is 5.75 Å². The van der Waals surface area contributed by atoms with Gasteiger partial charge in [-0.1, -0.05) is 26.0 Å². The summed E-state index contributed by atoms with van der Waals surface area (Å²) in [5.41, 5.74) is 1.58. The van der Waals surface area contributed by atoms with E-state index in [9.17, 15) is 0 Å². The molecule has 1 saturated carbocycles. The molecule has 0 aliphatic heterocycles. The monoisotopic (exact) mass is 275 g/mol. The number of hydrogen-bond donors (Lipinski definition) is 1. The minimum absolute atomic E-state index is 0.527. The highest BCUT2D eigenvalue weighted by Gasteiger charge is 2.30. The van der Waals surface area contributed by atoms with Crippen molar-refractivity contribution in [1.82, 2.24) is 5.32 Å². The molecule has 102 valence electrons. The first-order valence-corrected chi connectivity index (χ1v) is 7.84. The number of fused-ring (bicyclic) bond motifs is 1. The minimum atomic E-state index is 0.527. The number of methoxy groups -OCH3 is 1. The molecule has 3 rings (SSSR count). The van der Waals surface area contributed by atoms with Crippen LogP contribution in [0.25, 0.3) is 10.1 Å². The standard InChI is InChI=1S/C16H21NOS/c1-10(2)17-9-14-15(11-7-8-11)12-5-4-6-13(18-3)16(12)19-14/h4-6,10-11,17H,7-9H2,1-3H3. The number of hydrogen-bond acceptors (Lipinski definition) is 3. The minimum Gasteiger partial charge on any atom is -0.495 e. The van der Waals surface area contributed by atoms with E-state index >= 15 is 0 Å². The Bertz CT molecular complexity index is 584. The Morgan fingerprint density at radius 2 is 2.16 bits per heavy atom. The van der Waals surface area contributed by atoms with Gasteiger partial charge in [-0.15, -0.1) is 11.3 Å². The molecule has 1 aromatic carbocycles. The van der Waals surface area contributed by atoms with E-state index in [0.717, 1.165) is 18.2 Å². The van der Waals surface area contributed by atoms with Crippen molar-refractivity contribution in [3.05, 3.63) is 28.6 Å². The summed E-state index contributed by atoms with van der Waals surface area (Å²) >= 11 is 1.90. The van der Waals surface area contributed by atoms with Crippen LogP contribution in [-0.4, -0.2) is 13.2 Å². The van der Waals surface area contributed by atoms with Crippen LogP contribution in [0.3, 0.4) is 0 Å². The zero-order chi connectivity index (χ0) is 13.4. The molecule has 1 N–H and O–H groups in total. The van der Waals surface area contributed by atoms with Gasteiger partial charge in [0.1, 0.15) is 5.75 Å². The highest BCUT2D eigenvalue weighted by Crippen LogP contribution is 2.49. The Morgan fingerprint density at radius 1 is 1.37 bits per heavy atom. The lowest BCUT2D eigenvalue weighted by atomic mass is 10.1. The van der Waals surface area contributed by atoms with E-state index in [2.05, 4.69) is 37.4 Å². The van der Waals surface area contributed by atoms with Crippen molar-refractivity contribution in [2.75, 3.05) is 7.11 Å². The van der Waals surface area contributed by atoms with E-state index in [1.165, 1.54) is 27.8 Å². The molecule has 0 atom stereocenters. The molecular weight excluding hydrogens is 254 g/mol. The van der Waals surface area contributed by atoms with E-state index in [0.29, 0.717) is 6.04 Å². The predicted octanol–water partition coefficient (Wildman–Crippen LogP) is 4.29. The average Bonchev–Trinajstić information content (AvgIpc) is 3.16. The maximum Gasteiger partial charge on any atom is 0.136 e. The van der Waals surface area contributed by atoms with E-state index < -0.39 is 0 Å². The summed E-state index contributed by atoms with van der Waals surface area (Å²) in [6.07, 6.45) is 2.69. The van der Waals surface area contributed by atoms with Crippen LogP contribution < -0.4 is 10.1 Å². The summed E-state index contributed by atoms with van der Waals surface area (Å²) < 4.78 is 6.82. The number of benzene rings is 1. The van der Waals surface area contributed by atoms with Gasteiger partial charge in [-0.25, -0.2) is 0 Å². The SMILES string of the molecule is COc1cccc2c(C3CC3)c(CNC(C)C)sc12. The molecule has 2 aromatic rings. The lowest BCUT2D eigenvalue weighted by Gasteiger charge is -2.08. The van der Waals surface area contributed by atoms with Gasteiger partial charge < -0.3 is 10.1 Å².